The van der Waals surface area contributed by atoms with Gasteiger partial charge in [-0.1, -0.05) is 25.3 Å². The molecule has 0 nitrogen and oxygen atoms in total. The lowest BCUT2D eigenvalue weighted by molar-refractivity contribution is 0.343. The highest BCUT2D eigenvalue weighted by Crippen LogP contribution is 2.31. The molecule has 1 fully saturated rings. The van der Waals surface area contributed by atoms with Crippen LogP contribution in [-0.2, 0) is 6.42 Å². The quantitative estimate of drug-likeness (QED) is 0.690. The summed E-state index contributed by atoms with van der Waals surface area (Å²) in [6, 6.07) is 3.73. The third kappa shape index (κ3) is 3.41. The fourth-order valence-electron chi connectivity index (χ4n) is 2.56. The van der Waals surface area contributed by atoms with Crippen molar-refractivity contribution < 1.29 is 8.78 Å². The summed E-state index contributed by atoms with van der Waals surface area (Å²) in [7, 11) is 0. The SMILES string of the molecule is Fc1ccc(CC(Cl)C2CCCCC2)c(F)c1. The Labute approximate surface area is 106 Å². The van der Waals surface area contributed by atoms with Gasteiger partial charge in [0.05, 0.1) is 0 Å². The standard InChI is InChI=1S/C14H17ClF2/c15-13(10-4-2-1-3-5-10)8-11-6-7-12(16)9-14(11)17/h6-7,9-10,13H,1-5,8H2. The van der Waals surface area contributed by atoms with Crippen LogP contribution in [0.25, 0.3) is 0 Å². The normalized spacial score (nSPS) is 19.2. The first-order valence-electron chi connectivity index (χ1n) is 6.25. The van der Waals surface area contributed by atoms with E-state index in [9.17, 15) is 8.78 Å². The van der Waals surface area contributed by atoms with Crippen LogP contribution in [0.5, 0.6) is 0 Å². The lowest BCUT2D eigenvalue weighted by Gasteiger charge is -2.26. The molecule has 1 aromatic rings. The van der Waals surface area contributed by atoms with Crippen LogP contribution < -0.4 is 0 Å². The molecule has 1 aliphatic carbocycles. The molecule has 0 N–H and O–H groups in total. The minimum absolute atomic E-state index is 0.0322. The van der Waals surface area contributed by atoms with Crippen molar-refractivity contribution in [3.8, 4) is 0 Å². The molecule has 1 atom stereocenters. The minimum Gasteiger partial charge on any atom is -0.207 e. The van der Waals surface area contributed by atoms with Crippen LogP contribution in [-0.4, -0.2) is 5.38 Å². The second kappa shape index (κ2) is 5.81. The van der Waals surface area contributed by atoms with E-state index in [4.69, 9.17) is 11.6 Å². The molecule has 0 amide bonds. The van der Waals surface area contributed by atoms with Crippen molar-refractivity contribution >= 4 is 11.6 Å². The molecule has 0 saturated heterocycles. The van der Waals surface area contributed by atoms with E-state index in [2.05, 4.69) is 0 Å². The molecule has 0 spiro atoms. The molecule has 2 rings (SSSR count). The topological polar surface area (TPSA) is 0 Å². The van der Waals surface area contributed by atoms with Gasteiger partial charge in [0.25, 0.3) is 0 Å². The number of hydrogen-bond donors (Lipinski definition) is 0. The molecule has 94 valence electrons. The smallest absolute Gasteiger partial charge is 0.129 e. The summed E-state index contributed by atoms with van der Waals surface area (Å²) in [5.41, 5.74) is 0.525. The zero-order valence-electron chi connectivity index (χ0n) is 9.76. The van der Waals surface area contributed by atoms with Gasteiger partial charge in [0.15, 0.2) is 0 Å². The molecule has 0 aromatic heterocycles. The van der Waals surface area contributed by atoms with Gasteiger partial charge in [-0.25, -0.2) is 8.78 Å². The number of alkyl halides is 1. The summed E-state index contributed by atoms with van der Waals surface area (Å²) in [6.45, 7) is 0. The number of rotatable bonds is 3. The highest BCUT2D eigenvalue weighted by molar-refractivity contribution is 6.20. The van der Waals surface area contributed by atoms with Gasteiger partial charge in [0, 0.05) is 11.4 Å². The van der Waals surface area contributed by atoms with E-state index in [1.54, 1.807) is 0 Å². The van der Waals surface area contributed by atoms with Crippen molar-refractivity contribution in [2.75, 3.05) is 0 Å². The number of hydrogen-bond acceptors (Lipinski definition) is 0. The summed E-state index contributed by atoms with van der Waals surface area (Å²) in [4.78, 5) is 0. The Morgan fingerprint density at radius 3 is 2.53 bits per heavy atom. The average molecular weight is 259 g/mol. The van der Waals surface area contributed by atoms with Crippen molar-refractivity contribution in [1.82, 2.24) is 0 Å². The van der Waals surface area contributed by atoms with Gasteiger partial charge in [-0.05, 0) is 36.8 Å². The van der Waals surface area contributed by atoms with Gasteiger partial charge >= 0.3 is 0 Å². The van der Waals surface area contributed by atoms with Gasteiger partial charge < -0.3 is 0 Å². The zero-order valence-corrected chi connectivity index (χ0v) is 10.5. The first-order chi connectivity index (χ1) is 8.16. The lowest BCUT2D eigenvalue weighted by atomic mass is 9.85. The largest absolute Gasteiger partial charge is 0.207 e. The Kier molecular flexibility index (Phi) is 4.38. The van der Waals surface area contributed by atoms with E-state index in [0.29, 0.717) is 17.9 Å². The maximum atomic E-state index is 13.5. The van der Waals surface area contributed by atoms with Gasteiger partial charge in [-0.15, -0.1) is 11.6 Å². The summed E-state index contributed by atoms with van der Waals surface area (Å²) in [5.74, 6) is -0.531. The van der Waals surface area contributed by atoms with Crippen LogP contribution in [0, 0.1) is 17.6 Å². The maximum absolute atomic E-state index is 13.5. The molecule has 3 heteroatoms. The van der Waals surface area contributed by atoms with Crippen molar-refractivity contribution in [1.29, 1.82) is 0 Å². The van der Waals surface area contributed by atoms with E-state index in [-0.39, 0.29) is 5.38 Å². The average Bonchev–Trinajstić information content (AvgIpc) is 2.34. The molecule has 1 aromatic carbocycles. The molecule has 17 heavy (non-hydrogen) atoms. The van der Waals surface area contributed by atoms with Gasteiger partial charge in [-0.3, -0.25) is 0 Å². The predicted octanol–water partition coefficient (Wildman–Crippen LogP) is 4.70. The monoisotopic (exact) mass is 258 g/mol. The second-order valence-electron chi connectivity index (χ2n) is 4.85. The summed E-state index contributed by atoms with van der Waals surface area (Å²) >= 11 is 6.35. The molecule has 0 bridgehead atoms. The van der Waals surface area contributed by atoms with E-state index < -0.39 is 11.6 Å². The Hall–Kier alpha value is -0.630. The fourth-order valence-corrected chi connectivity index (χ4v) is 2.98. The fraction of sp³-hybridized carbons (Fsp3) is 0.571. The third-order valence-corrected chi connectivity index (χ3v) is 4.10. The summed E-state index contributed by atoms with van der Waals surface area (Å²) < 4.78 is 26.2. The molecule has 1 aliphatic rings. The zero-order chi connectivity index (χ0) is 12.3. The third-order valence-electron chi connectivity index (χ3n) is 3.59. The van der Waals surface area contributed by atoms with Crippen molar-refractivity contribution in [3.63, 3.8) is 0 Å². The van der Waals surface area contributed by atoms with Gasteiger partial charge in [-0.2, -0.15) is 0 Å². The Morgan fingerprint density at radius 1 is 1.18 bits per heavy atom. The molecule has 0 heterocycles. The van der Waals surface area contributed by atoms with Gasteiger partial charge in [0.1, 0.15) is 11.6 Å². The molecule has 1 unspecified atom stereocenters. The van der Waals surface area contributed by atoms with E-state index >= 15 is 0 Å². The minimum atomic E-state index is -0.532. The highest BCUT2D eigenvalue weighted by atomic mass is 35.5. The van der Waals surface area contributed by atoms with Crippen LogP contribution in [0.3, 0.4) is 0 Å². The van der Waals surface area contributed by atoms with Crippen molar-refractivity contribution in [2.45, 2.75) is 43.9 Å². The Balaban J connectivity index is 1.99. The van der Waals surface area contributed by atoms with Crippen LogP contribution in [0.4, 0.5) is 8.78 Å². The summed E-state index contributed by atoms with van der Waals surface area (Å²) in [6.07, 6.45) is 6.50. The highest BCUT2D eigenvalue weighted by Gasteiger charge is 2.22. The van der Waals surface area contributed by atoms with Gasteiger partial charge in [0.2, 0.25) is 0 Å². The Morgan fingerprint density at radius 2 is 1.88 bits per heavy atom. The summed E-state index contributed by atoms with van der Waals surface area (Å²) in [5, 5.41) is -0.0322. The van der Waals surface area contributed by atoms with Crippen molar-refractivity contribution in [3.05, 3.63) is 35.4 Å². The lowest BCUT2D eigenvalue weighted by Crippen LogP contribution is -2.20. The molecular weight excluding hydrogens is 242 g/mol. The van der Waals surface area contributed by atoms with Crippen LogP contribution in [0.15, 0.2) is 18.2 Å². The number of benzene rings is 1. The first kappa shape index (κ1) is 12.8. The maximum Gasteiger partial charge on any atom is 0.129 e. The van der Waals surface area contributed by atoms with Crippen LogP contribution in [0.2, 0.25) is 0 Å². The molecule has 0 radical (unpaired) electrons. The van der Waals surface area contributed by atoms with E-state index in [1.807, 2.05) is 0 Å². The number of halogens is 3. The first-order valence-corrected chi connectivity index (χ1v) is 6.68. The Bertz CT molecular complexity index is 372. The molecular formula is C14H17ClF2. The molecule has 0 aliphatic heterocycles. The van der Waals surface area contributed by atoms with Crippen LogP contribution >= 0.6 is 11.6 Å². The predicted molar refractivity (Wildman–Crippen MR) is 66.3 cm³/mol. The second-order valence-corrected chi connectivity index (χ2v) is 5.41. The van der Waals surface area contributed by atoms with Crippen LogP contribution in [0.1, 0.15) is 37.7 Å². The van der Waals surface area contributed by atoms with Crippen molar-refractivity contribution in [2.24, 2.45) is 5.92 Å². The molecule has 1 saturated carbocycles. The van der Waals surface area contributed by atoms with E-state index in [0.717, 1.165) is 18.9 Å². The van der Waals surface area contributed by atoms with E-state index in [1.165, 1.54) is 31.4 Å².